The molecule has 1 aromatic carbocycles. The van der Waals surface area contributed by atoms with Crippen LogP contribution in [0.2, 0.25) is 0 Å². The van der Waals surface area contributed by atoms with Gasteiger partial charge in [0, 0.05) is 30.0 Å². The molecule has 0 N–H and O–H groups in total. The first-order valence-corrected chi connectivity index (χ1v) is 10.5. The van der Waals surface area contributed by atoms with Gasteiger partial charge in [-0.05, 0) is 62.3 Å². The van der Waals surface area contributed by atoms with Gasteiger partial charge in [-0.3, -0.25) is 9.59 Å². The molecule has 1 aliphatic rings. The van der Waals surface area contributed by atoms with Crippen LogP contribution in [0.4, 0.5) is 0 Å². The molecule has 0 radical (unpaired) electrons. The number of Topliss-reactive ketones (excluding diaryl/α,β-unsaturated/α-hetero) is 1. The molecule has 2 rings (SSSR count). The smallest absolute Gasteiger partial charge is 0.312 e. The molecular formula is C23H29BrO4. The van der Waals surface area contributed by atoms with Crippen molar-refractivity contribution < 1.29 is 19.1 Å². The Labute approximate surface area is 176 Å². The number of carbonyl (C=O) groups is 2. The van der Waals surface area contributed by atoms with Gasteiger partial charge in [-0.15, -0.1) is 5.92 Å². The van der Waals surface area contributed by atoms with Gasteiger partial charge < -0.3 is 9.47 Å². The van der Waals surface area contributed by atoms with Crippen molar-refractivity contribution in [2.24, 2.45) is 5.41 Å². The number of esters is 1. The minimum atomic E-state index is -0.729. The predicted molar refractivity (Wildman–Crippen MR) is 113 cm³/mol. The number of hydrogen-bond donors (Lipinski definition) is 0. The zero-order valence-electron chi connectivity index (χ0n) is 17.2. The highest BCUT2D eigenvalue weighted by Crippen LogP contribution is 2.42. The molecule has 5 heteroatoms. The second-order valence-corrected chi connectivity index (χ2v) is 8.28. The fourth-order valence-electron chi connectivity index (χ4n) is 4.11. The third kappa shape index (κ3) is 5.24. The molecule has 1 aliphatic carbocycles. The van der Waals surface area contributed by atoms with Crippen LogP contribution in [0.25, 0.3) is 0 Å². The van der Waals surface area contributed by atoms with Gasteiger partial charge in [-0.1, -0.05) is 28.8 Å². The Balaban J connectivity index is 2.21. The molecule has 152 valence electrons. The number of methoxy groups -OCH3 is 2. The molecule has 28 heavy (non-hydrogen) atoms. The third-order valence-corrected chi connectivity index (χ3v) is 6.40. The Bertz CT molecular complexity index is 780. The van der Waals surface area contributed by atoms with Gasteiger partial charge in [-0.25, -0.2) is 0 Å². The van der Waals surface area contributed by atoms with Crippen LogP contribution < -0.4 is 0 Å². The van der Waals surface area contributed by atoms with Crippen LogP contribution in [0.15, 0.2) is 16.6 Å². The number of benzene rings is 1. The molecule has 0 bridgehead atoms. The predicted octanol–water partition coefficient (Wildman–Crippen LogP) is 4.63. The molecule has 0 unspecified atom stereocenters. The van der Waals surface area contributed by atoms with Gasteiger partial charge in [0.05, 0.1) is 18.6 Å². The SMILES string of the molecule is CC#Cc1cc(Br)c(CC(=O)CC2(C(=O)OC)CCC(OC)CC2)c(CC)c1. The van der Waals surface area contributed by atoms with Crippen LogP contribution in [-0.4, -0.2) is 32.1 Å². The Morgan fingerprint density at radius 2 is 1.93 bits per heavy atom. The Kier molecular flexibility index (Phi) is 8.27. The standard InChI is InChI=1S/C23H29BrO4/c1-5-7-16-12-17(6-2)20(21(24)13-16)14-18(25)15-23(22(26)28-4)10-8-19(27-3)9-11-23/h12-13,19H,6,8-11,14-15H2,1-4H3. The van der Waals surface area contributed by atoms with Crippen LogP contribution in [0.3, 0.4) is 0 Å². The second kappa shape index (κ2) is 10.2. The minimum Gasteiger partial charge on any atom is -0.469 e. The number of rotatable bonds is 7. The van der Waals surface area contributed by atoms with Gasteiger partial charge in [-0.2, -0.15) is 0 Å². The molecule has 0 aliphatic heterocycles. The molecule has 0 atom stereocenters. The molecule has 1 aromatic rings. The highest BCUT2D eigenvalue weighted by atomic mass is 79.9. The van der Waals surface area contributed by atoms with Crippen LogP contribution in [0.5, 0.6) is 0 Å². The normalized spacial score (nSPS) is 21.5. The van der Waals surface area contributed by atoms with Crippen molar-refractivity contribution in [1.29, 1.82) is 0 Å². The maximum Gasteiger partial charge on any atom is 0.312 e. The zero-order chi connectivity index (χ0) is 20.7. The van der Waals surface area contributed by atoms with E-state index in [1.165, 1.54) is 7.11 Å². The van der Waals surface area contributed by atoms with Crippen LogP contribution in [-0.2, 0) is 31.9 Å². The lowest BCUT2D eigenvalue weighted by molar-refractivity contribution is -0.159. The number of ether oxygens (including phenoxy) is 2. The Morgan fingerprint density at radius 1 is 1.25 bits per heavy atom. The van der Waals surface area contributed by atoms with Crippen molar-refractivity contribution in [3.63, 3.8) is 0 Å². The summed E-state index contributed by atoms with van der Waals surface area (Å²) in [4.78, 5) is 25.5. The number of halogens is 1. The lowest BCUT2D eigenvalue weighted by atomic mass is 9.69. The molecule has 0 spiro atoms. The molecule has 0 heterocycles. The molecule has 1 saturated carbocycles. The first-order chi connectivity index (χ1) is 13.4. The molecule has 1 fully saturated rings. The Hall–Kier alpha value is -1.64. The first kappa shape index (κ1) is 22.6. The van der Waals surface area contributed by atoms with E-state index in [2.05, 4.69) is 34.7 Å². The fourth-order valence-corrected chi connectivity index (χ4v) is 4.75. The topological polar surface area (TPSA) is 52.6 Å². The molecule has 4 nitrogen and oxygen atoms in total. The van der Waals surface area contributed by atoms with Crippen molar-refractivity contribution >= 4 is 27.7 Å². The van der Waals surface area contributed by atoms with Gasteiger partial charge >= 0.3 is 5.97 Å². The summed E-state index contributed by atoms with van der Waals surface area (Å²) in [7, 11) is 3.09. The summed E-state index contributed by atoms with van der Waals surface area (Å²) in [6.45, 7) is 3.88. The van der Waals surface area contributed by atoms with E-state index in [1.807, 2.05) is 19.1 Å². The summed E-state index contributed by atoms with van der Waals surface area (Å²) < 4.78 is 11.4. The number of aryl methyl sites for hydroxylation is 1. The summed E-state index contributed by atoms with van der Waals surface area (Å²) in [5.41, 5.74) is 2.30. The van der Waals surface area contributed by atoms with Crippen molar-refractivity contribution in [3.05, 3.63) is 33.3 Å². The highest BCUT2D eigenvalue weighted by molar-refractivity contribution is 9.10. The van der Waals surface area contributed by atoms with Crippen molar-refractivity contribution in [2.45, 2.75) is 64.9 Å². The number of carbonyl (C=O) groups excluding carboxylic acids is 2. The number of ketones is 1. The van der Waals surface area contributed by atoms with Gasteiger partial charge in [0.15, 0.2) is 0 Å². The van der Waals surface area contributed by atoms with Crippen LogP contribution in [0.1, 0.15) is 62.6 Å². The molecular weight excluding hydrogens is 420 g/mol. The van der Waals surface area contributed by atoms with E-state index >= 15 is 0 Å². The lowest BCUT2D eigenvalue weighted by Gasteiger charge is -2.37. The lowest BCUT2D eigenvalue weighted by Crippen LogP contribution is -2.40. The van der Waals surface area contributed by atoms with Crippen LogP contribution >= 0.6 is 15.9 Å². The third-order valence-electron chi connectivity index (χ3n) is 5.69. The van der Waals surface area contributed by atoms with Crippen LogP contribution in [0, 0.1) is 17.3 Å². The van der Waals surface area contributed by atoms with Crippen molar-refractivity contribution in [2.75, 3.05) is 14.2 Å². The summed E-state index contributed by atoms with van der Waals surface area (Å²) in [5.74, 6) is 5.76. The van der Waals surface area contributed by atoms with Crippen molar-refractivity contribution in [1.82, 2.24) is 0 Å². The number of hydrogen-bond acceptors (Lipinski definition) is 4. The summed E-state index contributed by atoms with van der Waals surface area (Å²) in [6, 6.07) is 4.00. The van der Waals surface area contributed by atoms with E-state index in [-0.39, 0.29) is 24.3 Å². The first-order valence-electron chi connectivity index (χ1n) is 9.76. The quantitative estimate of drug-likeness (QED) is 0.450. The summed E-state index contributed by atoms with van der Waals surface area (Å²) in [6.07, 6.45) is 4.27. The molecule has 0 aromatic heterocycles. The Morgan fingerprint density at radius 3 is 2.46 bits per heavy atom. The molecule has 0 saturated heterocycles. The van der Waals surface area contributed by atoms with Crippen molar-refractivity contribution in [3.8, 4) is 11.8 Å². The van der Waals surface area contributed by atoms with Gasteiger partial charge in [0.25, 0.3) is 0 Å². The minimum absolute atomic E-state index is 0.0611. The van der Waals surface area contributed by atoms with E-state index in [9.17, 15) is 9.59 Å². The zero-order valence-corrected chi connectivity index (χ0v) is 18.8. The van der Waals surface area contributed by atoms with E-state index < -0.39 is 5.41 Å². The molecule has 0 amide bonds. The van der Waals surface area contributed by atoms with E-state index in [4.69, 9.17) is 9.47 Å². The highest BCUT2D eigenvalue weighted by Gasteiger charge is 2.44. The fraction of sp³-hybridized carbons (Fsp3) is 0.565. The summed E-state index contributed by atoms with van der Waals surface area (Å²) in [5, 5.41) is 0. The second-order valence-electron chi connectivity index (χ2n) is 7.42. The average Bonchev–Trinajstić information content (AvgIpc) is 2.69. The largest absolute Gasteiger partial charge is 0.469 e. The maximum atomic E-state index is 13.0. The summed E-state index contributed by atoms with van der Waals surface area (Å²) >= 11 is 3.61. The van der Waals surface area contributed by atoms with E-state index in [0.717, 1.165) is 40.4 Å². The monoisotopic (exact) mass is 448 g/mol. The average molecular weight is 449 g/mol. The van der Waals surface area contributed by atoms with Gasteiger partial charge in [0.1, 0.15) is 5.78 Å². The van der Waals surface area contributed by atoms with E-state index in [0.29, 0.717) is 19.3 Å². The van der Waals surface area contributed by atoms with E-state index in [1.54, 1.807) is 7.11 Å². The maximum absolute atomic E-state index is 13.0. The van der Waals surface area contributed by atoms with Gasteiger partial charge in [0.2, 0.25) is 0 Å².